The Labute approximate surface area is 98.7 Å². The summed E-state index contributed by atoms with van der Waals surface area (Å²) < 4.78 is 0. The summed E-state index contributed by atoms with van der Waals surface area (Å²) in [5, 5.41) is 13.7. The van der Waals surface area contributed by atoms with Gasteiger partial charge >= 0.3 is 12.0 Å². The fourth-order valence-corrected chi connectivity index (χ4v) is 1.57. The van der Waals surface area contributed by atoms with Crippen LogP contribution in [-0.2, 0) is 9.59 Å². The van der Waals surface area contributed by atoms with E-state index in [1.165, 1.54) is 0 Å². The summed E-state index contributed by atoms with van der Waals surface area (Å²) in [4.78, 5) is 32.9. The van der Waals surface area contributed by atoms with Crippen molar-refractivity contribution in [2.45, 2.75) is 38.3 Å². The number of hydrogen-bond acceptors (Lipinski definition) is 3. The highest BCUT2D eigenvalue weighted by atomic mass is 16.4. The lowest BCUT2D eigenvalue weighted by Crippen LogP contribution is -2.49. The minimum Gasteiger partial charge on any atom is -0.480 e. The SMILES string of the molecule is CC(CC(N)=O)NC(=O)NC(C(=O)O)C1CC1. The second-order valence-electron chi connectivity index (χ2n) is 4.34. The van der Waals surface area contributed by atoms with Gasteiger partial charge in [-0.3, -0.25) is 4.79 Å². The normalized spacial score (nSPS) is 17.9. The zero-order valence-corrected chi connectivity index (χ0v) is 9.60. The topological polar surface area (TPSA) is 122 Å². The van der Waals surface area contributed by atoms with E-state index in [1.807, 2.05) is 0 Å². The number of primary amides is 1. The van der Waals surface area contributed by atoms with Crippen molar-refractivity contribution in [3.05, 3.63) is 0 Å². The van der Waals surface area contributed by atoms with Crippen LogP contribution in [0.5, 0.6) is 0 Å². The van der Waals surface area contributed by atoms with E-state index in [1.54, 1.807) is 6.92 Å². The first kappa shape index (κ1) is 13.3. The predicted molar refractivity (Wildman–Crippen MR) is 59.1 cm³/mol. The number of carboxylic acid groups (broad SMARTS) is 1. The highest BCUT2D eigenvalue weighted by molar-refractivity contribution is 5.83. The van der Waals surface area contributed by atoms with Gasteiger partial charge in [-0.1, -0.05) is 0 Å². The van der Waals surface area contributed by atoms with Crippen molar-refractivity contribution in [1.29, 1.82) is 0 Å². The summed E-state index contributed by atoms with van der Waals surface area (Å²) in [7, 11) is 0. The third-order valence-electron chi connectivity index (χ3n) is 2.53. The quantitative estimate of drug-likeness (QED) is 0.498. The van der Waals surface area contributed by atoms with Crippen LogP contribution in [0.4, 0.5) is 4.79 Å². The van der Waals surface area contributed by atoms with Crippen molar-refractivity contribution < 1.29 is 19.5 Å². The summed E-state index contributed by atoms with van der Waals surface area (Å²) in [5.74, 6) is -1.54. The van der Waals surface area contributed by atoms with Gasteiger partial charge in [-0.2, -0.15) is 0 Å². The number of carbonyl (C=O) groups is 3. The van der Waals surface area contributed by atoms with E-state index in [2.05, 4.69) is 10.6 Å². The maximum atomic E-state index is 11.4. The highest BCUT2D eigenvalue weighted by Crippen LogP contribution is 2.32. The van der Waals surface area contributed by atoms with Crippen molar-refractivity contribution >= 4 is 17.9 Å². The van der Waals surface area contributed by atoms with Crippen LogP contribution in [0.2, 0.25) is 0 Å². The second kappa shape index (κ2) is 5.51. The number of hydrogen-bond donors (Lipinski definition) is 4. The van der Waals surface area contributed by atoms with Crippen LogP contribution < -0.4 is 16.4 Å². The molecule has 1 fully saturated rings. The molecule has 2 unspecified atom stereocenters. The largest absolute Gasteiger partial charge is 0.480 e. The molecule has 0 radical (unpaired) electrons. The number of rotatable bonds is 6. The van der Waals surface area contributed by atoms with Gasteiger partial charge in [0.2, 0.25) is 5.91 Å². The molecule has 2 atom stereocenters. The Morgan fingerprint density at radius 2 is 1.94 bits per heavy atom. The van der Waals surface area contributed by atoms with E-state index in [0.717, 1.165) is 12.8 Å². The van der Waals surface area contributed by atoms with E-state index >= 15 is 0 Å². The van der Waals surface area contributed by atoms with Crippen molar-refractivity contribution in [2.75, 3.05) is 0 Å². The van der Waals surface area contributed by atoms with Gasteiger partial charge in [0.1, 0.15) is 6.04 Å². The molecule has 0 bridgehead atoms. The number of carboxylic acids is 1. The Morgan fingerprint density at radius 1 is 1.35 bits per heavy atom. The minimum atomic E-state index is -1.04. The number of carbonyl (C=O) groups excluding carboxylic acids is 2. The van der Waals surface area contributed by atoms with Gasteiger partial charge in [0, 0.05) is 12.5 Å². The fraction of sp³-hybridized carbons (Fsp3) is 0.700. The van der Waals surface area contributed by atoms with Crippen LogP contribution >= 0.6 is 0 Å². The van der Waals surface area contributed by atoms with Crippen molar-refractivity contribution in [3.8, 4) is 0 Å². The summed E-state index contributed by atoms with van der Waals surface area (Å²) in [6, 6.07) is -1.85. The highest BCUT2D eigenvalue weighted by Gasteiger charge is 2.37. The monoisotopic (exact) mass is 243 g/mol. The standard InChI is InChI=1S/C10H17N3O4/c1-5(4-7(11)14)12-10(17)13-8(9(15)16)6-2-3-6/h5-6,8H,2-4H2,1H3,(H2,11,14)(H,15,16)(H2,12,13,17). The van der Waals surface area contributed by atoms with Gasteiger partial charge in [0.15, 0.2) is 0 Å². The maximum Gasteiger partial charge on any atom is 0.326 e. The molecule has 0 aromatic heterocycles. The fourth-order valence-electron chi connectivity index (χ4n) is 1.57. The molecule has 1 rings (SSSR count). The molecule has 7 nitrogen and oxygen atoms in total. The number of nitrogens with one attached hydrogen (secondary N) is 2. The van der Waals surface area contributed by atoms with Crippen LogP contribution in [0.25, 0.3) is 0 Å². The minimum absolute atomic E-state index is 0.0182. The molecule has 5 N–H and O–H groups in total. The van der Waals surface area contributed by atoms with Crippen LogP contribution in [-0.4, -0.2) is 35.1 Å². The average Bonchev–Trinajstić information content (AvgIpc) is 2.94. The van der Waals surface area contributed by atoms with E-state index in [0.29, 0.717) is 0 Å². The molecule has 1 aliphatic rings. The molecule has 7 heteroatoms. The molecule has 1 saturated carbocycles. The molecular weight excluding hydrogens is 226 g/mol. The van der Waals surface area contributed by atoms with E-state index in [-0.39, 0.29) is 12.3 Å². The van der Waals surface area contributed by atoms with Crippen molar-refractivity contribution in [1.82, 2.24) is 10.6 Å². The van der Waals surface area contributed by atoms with Crippen LogP contribution in [0.3, 0.4) is 0 Å². The zero-order chi connectivity index (χ0) is 13.0. The molecule has 0 aromatic carbocycles. The lowest BCUT2D eigenvalue weighted by atomic mass is 10.2. The van der Waals surface area contributed by atoms with Gasteiger partial charge in [-0.15, -0.1) is 0 Å². The molecular formula is C10H17N3O4. The third kappa shape index (κ3) is 4.71. The molecule has 0 spiro atoms. The van der Waals surface area contributed by atoms with Crippen molar-refractivity contribution in [3.63, 3.8) is 0 Å². The molecule has 0 heterocycles. The molecule has 17 heavy (non-hydrogen) atoms. The molecule has 0 saturated heterocycles. The van der Waals surface area contributed by atoms with E-state index in [4.69, 9.17) is 10.8 Å². The first-order valence-corrected chi connectivity index (χ1v) is 5.48. The first-order valence-electron chi connectivity index (χ1n) is 5.48. The zero-order valence-electron chi connectivity index (χ0n) is 9.60. The molecule has 3 amide bonds. The van der Waals surface area contributed by atoms with Crippen molar-refractivity contribution in [2.24, 2.45) is 11.7 Å². The van der Waals surface area contributed by atoms with Gasteiger partial charge in [0.25, 0.3) is 0 Å². The maximum absolute atomic E-state index is 11.4. The third-order valence-corrected chi connectivity index (χ3v) is 2.53. The number of amides is 3. The van der Waals surface area contributed by atoms with E-state index < -0.39 is 30.0 Å². The number of aliphatic carboxylic acids is 1. The smallest absolute Gasteiger partial charge is 0.326 e. The molecule has 96 valence electrons. The molecule has 0 aliphatic heterocycles. The van der Waals surface area contributed by atoms with Gasteiger partial charge in [0.05, 0.1) is 0 Å². The summed E-state index contributed by atoms with van der Waals surface area (Å²) >= 11 is 0. The van der Waals surface area contributed by atoms with Gasteiger partial charge < -0.3 is 21.5 Å². The Morgan fingerprint density at radius 3 is 2.35 bits per heavy atom. The average molecular weight is 243 g/mol. The summed E-state index contributed by atoms with van der Waals surface area (Å²) in [6.45, 7) is 1.62. The van der Waals surface area contributed by atoms with Gasteiger partial charge in [-0.05, 0) is 25.7 Å². The number of urea groups is 1. The Kier molecular flexibility index (Phi) is 4.30. The van der Waals surface area contributed by atoms with Crippen LogP contribution in [0, 0.1) is 5.92 Å². The lowest BCUT2D eigenvalue weighted by molar-refractivity contribution is -0.139. The lowest BCUT2D eigenvalue weighted by Gasteiger charge is -2.17. The Hall–Kier alpha value is -1.79. The predicted octanol–water partition coefficient (Wildman–Crippen LogP) is -0.587. The number of nitrogens with two attached hydrogens (primary N) is 1. The van der Waals surface area contributed by atoms with E-state index in [9.17, 15) is 14.4 Å². The first-order chi connectivity index (χ1) is 7.90. The Bertz CT molecular complexity index is 328. The second-order valence-corrected chi connectivity index (χ2v) is 4.34. The summed E-state index contributed by atoms with van der Waals surface area (Å²) in [5.41, 5.74) is 4.97. The summed E-state index contributed by atoms with van der Waals surface area (Å²) in [6.07, 6.45) is 1.65. The van der Waals surface area contributed by atoms with Crippen LogP contribution in [0.15, 0.2) is 0 Å². The molecule has 0 aromatic rings. The van der Waals surface area contributed by atoms with Crippen LogP contribution in [0.1, 0.15) is 26.2 Å². The molecule has 1 aliphatic carbocycles. The van der Waals surface area contributed by atoms with Gasteiger partial charge in [-0.25, -0.2) is 9.59 Å². The Balaban J connectivity index is 2.36.